The van der Waals surface area contributed by atoms with Gasteiger partial charge in [0.15, 0.2) is 0 Å². The van der Waals surface area contributed by atoms with E-state index in [1.54, 1.807) is 6.20 Å². The van der Waals surface area contributed by atoms with Crippen molar-refractivity contribution in [1.82, 2.24) is 9.88 Å². The fraction of sp³-hybridized carbons (Fsp3) is 0.583. The molecule has 1 aromatic rings. The van der Waals surface area contributed by atoms with Crippen molar-refractivity contribution < 1.29 is 4.79 Å². The van der Waals surface area contributed by atoms with Gasteiger partial charge in [0, 0.05) is 18.8 Å². The number of aromatic amines is 1. The number of amides is 1. The molecule has 0 saturated carbocycles. The molecular weight excluding hydrogens is 202 g/mol. The third kappa shape index (κ3) is 2.27. The molecule has 4 nitrogen and oxygen atoms in total. The van der Waals surface area contributed by atoms with Crippen LogP contribution in [0.15, 0.2) is 18.3 Å². The Balaban J connectivity index is 2.08. The molecule has 1 aromatic heterocycles. The number of hydrogen-bond acceptors (Lipinski definition) is 2. The summed E-state index contributed by atoms with van der Waals surface area (Å²) < 4.78 is 0. The van der Waals surface area contributed by atoms with Gasteiger partial charge in [-0.1, -0.05) is 0 Å². The number of nitrogens with two attached hydrogens (primary N) is 1. The minimum absolute atomic E-state index is 0.114. The van der Waals surface area contributed by atoms with Crippen molar-refractivity contribution in [2.75, 3.05) is 13.1 Å². The number of piperidine rings is 1. The fourth-order valence-corrected chi connectivity index (χ4v) is 2.38. The van der Waals surface area contributed by atoms with Crippen LogP contribution in [0.4, 0.5) is 0 Å². The zero-order chi connectivity index (χ0) is 11.4. The van der Waals surface area contributed by atoms with Crippen molar-refractivity contribution in [2.45, 2.75) is 31.7 Å². The van der Waals surface area contributed by atoms with E-state index in [1.165, 1.54) is 6.42 Å². The number of carbonyl (C=O) groups excluding carboxylic acids is 1. The number of nitrogens with zero attached hydrogens (tertiary/aromatic N) is 1. The molecule has 2 rings (SSSR count). The highest BCUT2D eigenvalue weighted by Gasteiger charge is 2.26. The molecule has 1 amide bonds. The molecule has 1 saturated heterocycles. The lowest BCUT2D eigenvalue weighted by molar-refractivity contribution is 0.0599. The number of hydrogen-bond donors (Lipinski definition) is 2. The van der Waals surface area contributed by atoms with E-state index in [-0.39, 0.29) is 5.91 Å². The first kappa shape index (κ1) is 11.2. The van der Waals surface area contributed by atoms with Crippen LogP contribution in [0.2, 0.25) is 0 Å². The van der Waals surface area contributed by atoms with Crippen LogP contribution in [-0.2, 0) is 0 Å². The molecule has 0 bridgehead atoms. The molecule has 0 radical (unpaired) electrons. The monoisotopic (exact) mass is 221 g/mol. The zero-order valence-electron chi connectivity index (χ0n) is 9.48. The number of rotatable bonds is 3. The smallest absolute Gasteiger partial charge is 0.270 e. The summed E-state index contributed by atoms with van der Waals surface area (Å²) in [5, 5.41) is 0. The Bertz CT molecular complexity index is 332. The summed E-state index contributed by atoms with van der Waals surface area (Å²) in [6.45, 7) is 1.52. The van der Waals surface area contributed by atoms with E-state index in [2.05, 4.69) is 4.98 Å². The van der Waals surface area contributed by atoms with E-state index in [0.717, 1.165) is 25.8 Å². The van der Waals surface area contributed by atoms with E-state index in [1.807, 2.05) is 17.0 Å². The molecule has 0 aromatic carbocycles. The molecule has 1 atom stereocenters. The van der Waals surface area contributed by atoms with Crippen LogP contribution in [0.1, 0.15) is 36.2 Å². The molecule has 2 heterocycles. The van der Waals surface area contributed by atoms with Crippen molar-refractivity contribution in [3.05, 3.63) is 24.0 Å². The molecular formula is C12H19N3O. The Morgan fingerprint density at radius 3 is 3.12 bits per heavy atom. The minimum Gasteiger partial charge on any atom is -0.357 e. The van der Waals surface area contributed by atoms with Gasteiger partial charge in [0.2, 0.25) is 0 Å². The van der Waals surface area contributed by atoms with Crippen molar-refractivity contribution >= 4 is 5.91 Å². The summed E-state index contributed by atoms with van der Waals surface area (Å²) >= 11 is 0. The van der Waals surface area contributed by atoms with Crippen LogP contribution in [0.3, 0.4) is 0 Å². The van der Waals surface area contributed by atoms with E-state index in [4.69, 9.17) is 5.73 Å². The van der Waals surface area contributed by atoms with Gasteiger partial charge in [-0.25, -0.2) is 0 Å². The van der Waals surface area contributed by atoms with Crippen LogP contribution >= 0.6 is 0 Å². The quantitative estimate of drug-likeness (QED) is 0.809. The lowest BCUT2D eigenvalue weighted by Gasteiger charge is -2.35. The summed E-state index contributed by atoms with van der Waals surface area (Å²) in [4.78, 5) is 17.1. The van der Waals surface area contributed by atoms with E-state index < -0.39 is 0 Å². The van der Waals surface area contributed by atoms with E-state index in [0.29, 0.717) is 18.3 Å². The molecule has 1 aliphatic rings. The van der Waals surface area contributed by atoms with Crippen LogP contribution in [0.5, 0.6) is 0 Å². The normalized spacial score (nSPS) is 21.1. The summed E-state index contributed by atoms with van der Waals surface area (Å²) in [6.07, 6.45) is 6.10. The van der Waals surface area contributed by atoms with Gasteiger partial charge in [-0.15, -0.1) is 0 Å². The van der Waals surface area contributed by atoms with Crippen molar-refractivity contribution in [1.29, 1.82) is 0 Å². The molecule has 1 fully saturated rings. The number of likely N-dealkylation sites (tertiary alicyclic amines) is 1. The molecule has 16 heavy (non-hydrogen) atoms. The zero-order valence-corrected chi connectivity index (χ0v) is 9.48. The standard InChI is InChI=1S/C12H19N3O/c13-7-6-10-4-1-2-9-15(10)12(16)11-5-3-8-14-11/h3,5,8,10,14H,1-2,4,6-7,9,13H2. The first-order valence-corrected chi connectivity index (χ1v) is 5.97. The lowest BCUT2D eigenvalue weighted by atomic mass is 9.99. The largest absolute Gasteiger partial charge is 0.357 e. The Hall–Kier alpha value is -1.29. The average molecular weight is 221 g/mol. The van der Waals surface area contributed by atoms with Gasteiger partial charge < -0.3 is 15.6 Å². The summed E-state index contributed by atoms with van der Waals surface area (Å²) in [7, 11) is 0. The molecule has 4 heteroatoms. The first-order valence-electron chi connectivity index (χ1n) is 5.97. The van der Waals surface area contributed by atoms with Gasteiger partial charge in [-0.05, 0) is 44.4 Å². The highest BCUT2D eigenvalue weighted by Crippen LogP contribution is 2.21. The summed E-state index contributed by atoms with van der Waals surface area (Å²) in [5.41, 5.74) is 6.28. The Morgan fingerprint density at radius 1 is 1.56 bits per heavy atom. The van der Waals surface area contributed by atoms with Gasteiger partial charge in [0.05, 0.1) is 0 Å². The van der Waals surface area contributed by atoms with Crippen molar-refractivity contribution in [3.63, 3.8) is 0 Å². The molecule has 88 valence electrons. The molecule has 0 aliphatic carbocycles. The highest BCUT2D eigenvalue weighted by atomic mass is 16.2. The minimum atomic E-state index is 0.114. The first-order chi connectivity index (χ1) is 7.83. The Labute approximate surface area is 95.8 Å². The van der Waals surface area contributed by atoms with Gasteiger partial charge >= 0.3 is 0 Å². The SMILES string of the molecule is NCCC1CCCCN1C(=O)c1ccc[nH]1. The van der Waals surface area contributed by atoms with Gasteiger partial charge in [-0.3, -0.25) is 4.79 Å². The highest BCUT2D eigenvalue weighted by molar-refractivity contribution is 5.92. The maximum absolute atomic E-state index is 12.2. The Kier molecular flexibility index (Phi) is 3.62. The lowest BCUT2D eigenvalue weighted by Crippen LogP contribution is -2.44. The number of H-pyrrole nitrogens is 1. The summed E-state index contributed by atoms with van der Waals surface area (Å²) in [6, 6.07) is 4.01. The second-order valence-corrected chi connectivity index (χ2v) is 4.31. The predicted octanol–water partition coefficient (Wildman–Crippen LogP) is 1.36. The molecule has 1 aliphatic heterocycles. The number of aromatic nitrogens is 1. The topological polar surface area (TPSA) is 62.1 Å². The number of carbonyl (C=O) groups is 1. The maximum Gasteiger partial charge on any atom is 0.270 e. The van der Waals surface area contributed by atoms with Crippen molar-refractivity contribution in [2.24, 2.45) is 5.73 Å². The molecule has 3 N–H and O–H groups in total. The predicted molar refractivity (Wildman–Crippen MR) is 63.1 cm³/mol. The Morgan fingerprint density at radius 2 is 2.44 bits per heavy atom. The van der Waals surface area contributed by atoms with E-state index in [9.17, 15) is 4.79 Å². The fourth-order valence-electron chi connectivity index (χ4n) is 2.38. The third-order valence-corrected chi connectivity index (χ3v) is 3.22. The third-order valence-electron chi connectivity index (χ3n) is 3.22. The van der Waals surface area contributed by atoms with Crippen molar-refractivity contribution in [3.8, 4) is 0 Å². The average Bonchev–Trinajstić information content (AvgIpc) is 2.83. The summed E-state index contributed by atoms with van der Waals surface area (Å²) in [5.74, 6) is 0.114. The van der Waals surface area contributed by atoms with Gasteiger partial charge in [0.25, 0.3) is 5.91 Å². The van der Waals surface area contributed by atoms with Gasteiger partial charge in [-0.2, -0.15) is 0 Å². The maximum atomic E-state index is 12.2. The molecule has 1 unspecified atom stereocenters. The van der Waals surface area contributed by atoms with Crippen LogP contribution in [0, 0.1) is 0 Å². The van der Waals surface area contributed by atoms with Crippen LogP contribution in [-0.4, -0.2) is 34.9 Å². The van der Waals surface area contributed by atoms with Crippen LogP contribution in [0.25, 0.3) is 0 Å². The van der Waals surface area contributed by atoms with E-state index >= 15 is 0 Å². The molecule has 0 spiro atoms. The van der Waals surface area contributed by atoms with Crippen LogP contribution < -0.4 is 5.73 Å². The second-order valence-electron chi connectivity index (χ2n) is 4.31. The van der Waals surface area contributed by atoms with Gasteiger partial charge in [0.1, 0.15) is 5.69 Å². The number of nitrogens with one attached hydrogen (secondary N) is 1. The second kappa shape index (κ2) is 5.16.